The fraction of sp³-hybridized carbons (Fsp3) is 0.462. The van der Waals surface area contributed by atoms with Crippen molar-refractivity contribution >= 4 is 33.3 Å². The summed E-state index contributed by atoms with van der Waals surface area (Å²) in [7, 11) is 1.38. The number of rotatable bonds is 4. The van der Waals surface area contributed by atoms with Crippen LogP contribution in [-0.4, -0.2) is 55.6 Å². The van der Waals surface area contributed by atoms with Crippen molar-refractivity contribution in [3.8, 4) is 0 Å². The summed E-state index contributed by atoms with van der Waals surface area (Å²) in [6.45, 7) is 3.31. The van der Waals surface area contributed by atoms with Crippen LogP contribution >= 0.6 is 15.9 Å². The van der Waals surface area contributed by atoms with Gasteiger partial charge in [-0.15, -0.1) is 0 Å². The number of methoxy groups -OCH3 is 1. The van der Waals surface area contributed by atoms with E-state index in [2.05, 4.69) is 25.6 Å². The van der Waals surface area contributed by atoms with E-state index in [1.807, 2.05) is 4.90 Å². The van der Waals surface area contributed by atoms with Gasteiger partial charge in [0, 0.05) is 42.8 Å². The van der Waals surface area contributed by atoms with E-state index in [4.69, 9.17) is 0 Å². The van der Waals surface area contributed by atoms with Gasteiger partial charge in [0.05, 0.1) is 24.3 Å². The molecule has 1 saturated heterocycles. The molecule has 0 saturated carbocycles. The molecule has 0 bridgehead atoms. The van der Waals surface area contributed by atoms with Crippen LogP contribution in [0, 0.1) is 10.1 Å². The predicted molar refractivity (Wildman–Crippen MR) is 81.5 cm³/mol. The molecule has 0 atom stereocenters. The molecule has 2 rings (SSSR count). The summed E-state index contributed by atoms with van der Waals surface area (Å²) < 4.78 is 5.36. The molecule has 21 heavy (non-hydrogen) atoms. The van der Waals surface area contributed by atoms with Gasteiger partial charge in [-0.05, 0) is 22.0 Å². The summed E-state index contributed by atoms with van der Waals surface area (Å²) in [6.07, 6.45) is 0. The molecule has 1 aromatic carbocycles. The van der Waals surface area contributed by atoms with Gasteiger partial charge in [-0.3, -0.25) is 19.8 Å². The molecule has 0 radical (unpaired) electrons. The number of carbonyl (C=O) groups is 1. The Morgan fingerprint density at radius 1 is 1.38 bits per heavy atom. The number of nitrogens with zero attached hydrogens (tertiary/aromatic N) is 3. The highest BCUT2D eigenvalue weighted by Gasteiger charge is 2.21. The van der Waals surface area contributed by atoms with Gasteiger partial charge in [0.15, 0.2) is 0 Å². The molecule has 1 aliphatic heterocycles. The average Bonchev–Trinajstić information content (AvgIpc) is 2.48. The minimum atomic E-state index is -0.414. The van der Waals surface area contributed by atoms with Crippen LogP contribution in [0.5, 0.6) is 0 Å². The molecule has 0 amide bonds. The van der Waals surface area contributed by atoms with E-state index in [1.54, 1.807) is 6.07 Å². The lowest BCUT2D eigenvalue weighted by atomic mass is 10.2. The number of hydrogen-bond acceptors (Lipinski definition) is 6. The van der Waals surface area contributed by atoms with Gasteiger partial charge >= 0.3 is 5.97 Å². The first-order valence-electron chi connectivity index (χ1n) is 6.49. The number of nitro benzene ring substituents is 1. The number of non-ortho nitro benzene ring substituents is 1. The smallest absolute Gasteiger partial charge is 0.319 e. The van der Waals surface area contributed by atoms with Gasteiger partial charge < -0.3 is 9.64 Å². The SMILES string of the molecule is COC(=O)CN1CCN(c2ccc([N+](=O)[O-])cc2Br)CC1. The van der Waals surface area contributed by atoms with Crippen molar-refractivity contribution < 1.29 is 14.5 Å². The van der Waals surface area contributed by atoms with E-state index in [9.17, 15) is 14.9 Å². The predicted octanol–water partition coefficient (Wildman–Crippen LogP) is 1.65. The van der Waals surface area contributed by atoms with Gasteiger partial charge in [-0.2, -0.15) is 0 Å². The van der Waals surface area contributed by atoms with E-state index in [1.165, 1.54) is 19.2 Å². The lowest BCUT2D eigenvalue weighted by molar-refractivity contribution is -0.384. The van der Waals surface area contributed by atoms with Crippen LogP contribution in [-0.2, 0) is 9.53 Å². The Hall–Kier alpha value is -1.67. The van der Waals surface area contributed by atoms with Gasteiger partial charge in [0.25, 0.3) is 5.69 Å². The Morgan fingerprint density at radius 3 is 2.57 bits per heavy atom. The van der Waals surface area contributed by atoms with Crippen molar-refractivity contribution in [3.63, 3.8) is 0 Å². The molecule has 114 valence electrons. The molecule has 8 heteroatoms. The quantitative estimate of drug-likeness (QED) is 0.463. The number of esters is 1. The van der Waals surface area contributed by atoms with Gasteiger partial charge in [0.2, 0.25) is 0 Å². The lowest BCUT2D eigenvalue weighted by Crippen LogP contribution is -2.48. The maximum atomic E-state index is 11.2. The molecule has 0 spiro atoms. The molecule has 0 aliphatic carbocycles. The second kappa shape index (κ2) is 6.86. The summed E-state index contributed by atoms with van der Waals surface area (Å²) in [5.41, 5.74) is 0.994. The summed E-state index contributed by atoms with van der Waals surface area (Å²) in [5, 5.41) is 10.7. The van der Waals surface area contributed by atoms with E-state index < -0.39 is 4.92 Å². The molecule has 0 aromatic heterocycles. The molecule has 0 unspecified atom stereocenters. The molecule has 0 N–H and O–H groups in total. The standard InChI is InChI=1S/C13H16BrN3O4/c1-21-13(18)9-15-4-6-16(7-5-15)12-3-2-10(17(19)20)8-11(12)14/h2-3,8H,4-7,9H2,1H3. The number of halogens is 1. The van der Waals surface area contributed by atoms with Crippen molar-refractivity contribution in [1.82, 2.24) is 4.90 Å². The Kier molecular flexibility index (Phi) is 5.13. The zero-order chi connectivity index (χ0) is 15.4. The Morgan fingerprint density at radius 2 is 2.05 bits per heavy atom. The second-order valence-electron chi connectivity index (χ2n) is 4.73. The number of anilines is 1. The van der Waals surface area contributed by atoms with E-state index >= 15 is 0 Å². The number of piperazine rings is 1. The van der Waals surface area contributed by atoms with Crippen molar-refractivity contribution in [1.29, 1.82) is 0 Å². The fourth-order valence-corrected chi connectivity index (χ4v) is 2.88. The maximum absolute atomic E-state index is 11.2. The van der Waals surface area contributed by atoms with Crippen LogP contribution in [0.2, 0.25) is 0 Å². The van der Waals surface area contributed by atoms with Crippen molar-refractivity contribution in [2.24, 2.45) is 0 Å². The lowest BCUT2D eigenvalue weighted by Gasteiger charge is -2.35. The van der Waals surface area contributed by atoms with E-state index in [0.29, 0.717) is 11.0 Å². The first-order chi connectivity index (χ1) is 10.0. The van der Waals surface area contributed by atoms with Gasteiger partial charge in [-0.1, -0.05) is 0 Å². The zero-order valence-electron chi connectivity index (χ0n) is 11.6. The van der Waals surface area contributed by atoms with Crippen LogP contribution in [0.25, 0.3) is 0 Å². The second-order valence-corrected chi connectivity index (χ2v) is 5.59. The Balaban J connectivity index is 1.99. The van der Waals surface area contributed by atoms with E-state index in [-0.39, 0.29) is 11.7 Å². The van der Waals surface area contributed by atoms with E-state index in [0.717, 1.165) is 31.9 Å². The first kappa shape index (κ1) is 15.7. The number of carbonyl (C=O) groups excluding carboxylic acids is 1. The molecule has 1 heterocycles. The third kappa shape index (κ3) is 3.92. The highest BCUT2D eigenvalue weighted by Crippen LogP contribution is 2.30. The first-order valence-corrected chi connectivity index (χ1v) is 7.28. The van der Waals surface area contributed by atoms with Gasteiger partial charge in [-0.25, -0.2) is 0 Å². The van der Waals surface area contributed by atoms with Crippen LogP contribution < -0.4 is 4.90 Å². The normalized spacial score (nSPS) is 15.8. The number of nitro groups is 1. The number of benzene rings is 1. The van der Waals surface area contributed by atoms with Crippen molar-refractivity contribution in [2.45, 2.75) is 0 Å². The molecular formula is C13H16BrN3O4. The minimum Gasteiger partial charge on any atom is -0.468 e. The Labute approximate surface area is 130 Å². The Bertz CT molecular complexity index is 544. The van der Waals surface area contributed by atoms with Crippen LogP contribution in [0.15, 0.2) is 22.7 Å². The topological polar surface area (TPSA) is 75.9 Å². The highest BCUT2D eigenvalue weighted by atomic mass is 79.9. The minimum absolute atomic E-state index is 0.0648. The van der Waals surface area contributed by atoms with Crippen LogP contribution in [0.4, 0.5) is 11.4 Å². The third-order valence-electron chi connectivity index (χ3n) is 3.44. The summed E-state index contributed by atoms with van der Waals surface area (Å²) in [6, 6.07) is 4.76. The summed E-state index contributed by atoms with van der Waals surface area (Å²) >= 11 is 3.38. The largest absolute Gasteiger partial charge is 0.468 e. The van der Waals surface area contributed by atoms with Crippen LogP contribution in [0.3, 0.4) is 0 Å². The fourth-order valence-electron chi connectivity index (χ4n) is 2.26. The molecular weight excluding hydrogens is 342 g/mol. The molecule has 1 aromatic rings. The maximum Gasteiger partial charge on any atom is 0.319 e. The molecule has 1 aliphatic rings. The van der Waals surface area contributed by atoms with Crippen molar-refractivity contribution in [3.05, 3.63) is 32.8 Å². The average molecular weight is 358 g/mol. The molecule has 1 fully saturated rings. The monoisotopic (exact) mass is 357 g/mol. The zero-order valence-corrected chi connectivity index (χ0v) is 13.2. The third-order valence-corrected chi connectivity index (χ3v) is 4.07. The summed E-state index contributed by atoms with van der Waals surface area (Å²) in [5.74, 6) is -0.236. The summed E-state index contributed by atoms with van der Waals surface area (Å²) in [4.78, 5) is 25.7. The highest BCUT2D eigenvalue weighted by molar-refractivity contribution is 9.10. The number of hydrogen-bond donors (Lipinski definition) is 0. The molecule has 7 nitrogen and oxygen atoms in total. The number of ether oxygens (including phenoxy) is 1. The van der Waals surface area contributed by atoms with Crippen LogP contribution in [0.1, 0.15) is 0 Å². The van der Waals surface area contributed by atoms with Gasteiger partial charge in [0.1, 0.15) is 0 Å². The van der Waals surface area contributed by atoms with Crippen molar-refractivity contribution in [2.75, 3.05) is 44.7 Å².